The summed E-state index contributed by atoms with van der Waals surface area (Å²) in [6, 6.07) is 0.931. The lowest BCUT2D eigenvalue weighted by Gasteiger charge is -2.20. The van der Waals surface area contributed by atoms with Gasteiger partial charge in [0.15, 0.2) is 0 Å². The molecule has 0 atom stereocenters. The van der Waals surface area contributed by atoms with E-state index in [-0.39, 0.29) is 11.3 Å². The number of aromatic nitrogens is 1. The van der Waals surface area contributed by atoms with Crippen LogP contribution in [0, 0.1) is 6.92 Å². The molecular weight excluding hydrogens is 273 g/mol. The van der Waals surface area contributed by atoms with Crippen molar-refractivity contribution in [2.24, 2.45) is 0 Å². The third-order valence-electron chi connectivity index (χ3n) is 2.26. The second-order valence-corrected chi connectivity index (χ2v) is 5.43. The van der Waals surface area contributed by atoms with Gasteiger partial charge < -0.3 is 10.1 Å². The van der Waals surface area contributed by atoms with Crippen molar-refractivity contribution in [1.82, 2.24) is 10.3 Å². The number of nitrogens with one attached hydrogen (secondary N) is 1. The Bertz CT molecular complexity index is 493. The molecule has 1 amide bonds. The second kappa shape index (κ2) is 5.68. The van der Waals surface area contributed by atoms with Crippen molar-refractivity contribution >= 4 is 6.09 Å². The van der Waals surface area contributed by atoms with E-state index >= 15 is 0 Å². The molecule has 1 aromatic rings. The number of rotatable bonds is 2. The number of amides is 1. The molecule has 0 saturated carbocycles. The molecule has 0 radical (unpaired) electrons. The molecule has 1 rings (SSSR count). The molecule has 0 aliphatic carbocycles. The summed E-state index contributed by atoms with van der Waals surface area (Å²) >= 11 is 0. The van der Waals surface area contributed by atoms with Crippen molar-refractivity contribution in [2.45, 2.75) is 46.0 Å². The Kier molecular flexibility index (Phi) is 4.62. The lowest BCUT2D eigenvalue weighted by Crippen LogP contribution is -2.40. The first-order valence-corrected chi connectivity index (χ1v) is 5.97. The zero-order valence-electron chi connectivity index (χ0n) is 11.8. The third kappa shape index (κ3) is 5.07. The van der Waals surface area contributed by atoms with E-state index < -0.39 is 30.0 Å². The molecule has 0 aliphatic heterocycles. The van der Waals surface area contributed by atoms with E-state index in [2.05, 4.69) is 10.3 Å². The molecule has 0 aromatic carbocycles. The summed E-state index contributed by atoms with van der Waals surface area (Å²) in [6.07, 6.45) is -4.21. The molecule has 0 spiro atoms. The van der Waals surface area contributed by atoms with E-state index in [4.69, 9.17) is 4.74 Å². The first-order chi connectivity index (χ1) is 8.99. The quantitative estimate of drug-likeness (QED) is 0.907. The van der Waals surface area contributed by atoms with Crippen LogP contribution in [0.1, 0.15) is 37.6 Å². The summed E-state index contributed by atoms with van der Waals surface area (Å²) in [5, 5.41) is 2.50. The van der Waals surface area contributed by atoms with Crippen molar-refractivity contribution in [3.05, 3.63) is 29.1 Å². The number of alkyl halides is 3. The van der Waals surface area contributed by atoms with Crippen LogP contribution in [0.15, 0.2) is 12.3 Å². The number of halogens is 3. The third-order valence-corrected chi connectivity index (χ3v) is 2.26. The fourth-order valence-corrected chi connectivity index (χ4v) is 1.45. The van der Waals surface area contributed by atoms with Crippen LogP contribution in [0.3, 0.4) is 0 Å². The standard InChI is InChI=1S/C13H17F3N2O2/c1-8-5-10(13(14,15)16)9(6-17-8)7-20-11(19)18-12(2,3)4/h5-6H,7H2,1-4H3,(H,18,19). The van der Waals surface area contributed by atoms with Gasteiger partial charge in [-0.1, -0.05) is 0 Å². The van der Waals surface area contributed by atoms with E-state index in [1.807, 2.05) is 0 Å². The largest absolute Gasteiger partial charge is 0.445 e. The average molecular weight is 290 g/mol. The van der Waals surface area contributed by atoms with Gasteiger partial charge in [-0.05, 0) is 33.8 Å². The maximum absolute atomic E-state index is 12.8. The number of alkyl carbamates (subject to hydrolysis) is 1. The Morgan fingerprint density at radius 3 is 2.45 bits per heavy atom. The van der Waals surface area contributed by atoms with E-state index in [9.17, 15) is 18.0 Å². The van der Waals surface area contributed by atoms with E-state index in [1.54, 1.807) is 20.8 Å². The van der Waals surface area contributed by atoms with E-state index in [1.165, 1.54) is 6.92 Å². The molecule has 0 aliphatic rings. The molecule has 112 valence electrons. The van der Waals surface area contributed by atoms with Gasteiger partial charge in [-0.2, -0.15) is 13.2 Å². The van der Waals surface area contributed by atoms with Crippen LogP contribution in [-0.2, 0) is 17.5 Å². The summed E-state index contributed by atoms with van der Waals surface area (Å²) in [5.74, 6) is 0. The molecule has 1 N–H and O–H groups in total. The van der Waals surface area contributed by atoms with Crippen molar-refractivity contribution in [1.29, 1.82) is 0 Å². The number of carbonyl (C=O) groups excluding carboxylic acids is 1. The summed E-state index contributed by atoms with van der Waals surface area (Å²) in [7, 11) is 0. The van der Waals surface area contributed by atoms with Gasteiger partial charge in [-0.3, -0.25) is 4.98 Å². The predicted octanol–water partition coefficient (Wildman–Crippen LogP) is 3.43. The number of pyridine rings is 1. The lowest BCUT2D eigenvalue weighted by molar-refractivity contribution is -0.138. The first-order valence-electron chi connectivity index (χ1n) is 5.97. The molecule has 0 fully saturated rings. The molecule has 0 bridgehead atoms. The highest BCUT2D eigenvalue weighted by molar-refractivity contribution is 5.68. The zero-order chi connectivity index (χ0) is 15.6. The van der Waals surface area contributed by atoms with Crippen LogP contribution in [-0.4, -0.2) is 16.6 Å². The van der Waals surface area contributed by atoms with Gasteiger partial charge in [0.2, 0.25) is 0 Å². The van der Waals surface area contributed by atoms with Gasteiger partial charge in [0.25, 0.3) is 0 Å². The van der Waals surface area contributed by atoms with Gasteiger partial charge in [-0.15, -0.1) is 0 Å². The molecule has 0 unspecified atom stereocenters. The van der Waals surface area contributed by atoms with Crippen LogP contribution in [0.5, 0.6) is 0 Å². The van der Waals surface area contributed by atoms with Crippen LogP contribution < -0.4 is 5.32 Å². The predicted molar refractivity (Wildman–Crippen MR) is 67.0 cm³/mol. The van der Waals surface area contributed by atoms with Gasteiger partial charge in [0, 0.05) is 23.0 Å². The van der Waals surface area contributed by atoms with Crippen molar-refractivity contribution in [3.63, 3.8) is 0 Å². The van der Waals surface area contributed by atoms with Gasteiger partial charge >= 0.3 is 12.3 Å². The maximum Gasteiger partial charge on any atom is 0.416 e. The maximum atomic E-state index is 12.8. The number of hydrogen-bond acceptors (Lipinski definition) is 3. The molecular formula is C13H17F3N2O2. The Morgan fingerprint density at radius 2 is 1.95 bits per heavy atom. The van der Waals surface area contributed by atoms with Gasteiger partial charge in [-0.25, -0.2) is 4.79 Å². The Labute approximate surface area is 115 Å². The zero-order valence-corrected chi connectivity index (χ0v) is 11.8. The Balaban J connectivity index is 2.81. The molecule has 0 saturated heterocycles. The summed E-state index contributed by atoms with van der Waals surface area (Å²) < 4.78 is 43.3. The van der Waals surface area contributed by atoms with E-state index in [0.29, 0.717) is 0 Å². The van der Waals surface area contributed by atoms with Crippen LogP contribution >= 0.6 is 0 Å². The minimum atomic E-state index is -4.51. The highest BCUT2D eigenvalue weighted by Crippen LogP contribution is 2.32. The second-order valence-electron chi connectivity index (χ2n) is 5.43. The minimum absolute atomic E-state index is 0.174. The Morgan fingerprint density at radius 1 is 1.35 bits per heavy atom. The van der Waals surface area contributed by atoms with Gasteiger partial charge in [0.1, 0.15) is 6.61 Å². The summed E-state index contributed by atoms with van der Waals surface area (Å²) in [6.45, 7) is 6.20. The normalized spacial score (nSPS) is 12.2. The molecule has 4 nitrogen and oxygen atoms in total. The minimum Gasteiger partial charge on any atom is -0.445 e. The number of carbonyl (C=O) groups is 1. The number of aryl methyl sites for hydroxylation is 1. The van der Waals surface area contributed by atoms with Crippen molar-refractivity contribution in [2.75, 3.05) is 0 Å². The summed E-state index contributed by atoms with van der Waals surface area (Å²) in [4.78, 5) is 15.2. The van der Waals surface area contributed by atoms with Crippen molar-refractivity contribution in [3.8, 4) is 0 Å². The highest BCUT2D eigenvalue weighted by atomic mass is 19.4. The number of ether oxygens (including phenoxy) is 1. The molecule has 7 heteroatoms. The van der Waals surface area contributed by atoms with Crippen LogP contribution in [0.4, 0.5) is 18.0 Å². The lowest BCUT2D eigenvalue weighted by atomic mass is 10.1. The van der Waals surface area contributed by atoms with Gasteiger partial charge in [0.05, 0.1) is 5.56 Å². The fraction of sp³-hybridized carbons (Fsp3) is 0.538. The fourth-order valence-electron chi connectivity index (χ4n) is 1.45. The van der Waals surface area contributed by atoms with Crippen LogP contribution in [0.25, 0.3) is 0 Å². The highest BCUT2D eigenvalue weighted by Gasteiger charge is 2.34. The summed E-state index contributed by atoms with van der Waals surface area (Å²) in [5.41, 5.74) is -1.28. The number of hydrogen-bond donors (Lipinski definition) is 1. The topological polar surface area (TPSA) is 51.2 Å². The van der Waals surface area contributed by atoms with Crippen LogP contribution in [0.2, 0.25) is 0 Å². The number of nitrogens with zero attached hydrogens (tertiary/aromatic N) is 1. The van der Waals surface area contributed by atoms with Crippen molar-refractivity contribution < 1.29 is 22.7 Å². The SMILES string of the molecule is Cc1cc(C(F)(F)F)c(COC(=O)NC(C)(C)C)cn1. The monoisotopic (exact) mass is 290 g/mol. The molecule has 20 heavy (non-hydrogen) atoms. The average Bonchev–Trinajstić information content (AvgIpc) is 2.23. The molecule has 1 heterocycles. The Hall–Kier alpha value is -1.79. The van der Waals surface area contributed by atoms with E-state index in [0.717, 1.165) is 12.3 Å². The first kappa shape index (κ1) is 16.3. The molecule has 1 aromatic heterocycles. The smallest absolute Gasteiger partial charge is 0.416 e.